The Morgan fingerprint density at radius 2 is 1.04 bits per heavy atom. The molecule has 0 unspecified atom stereocenters. The summed E-state index contributed by atoms with van der Waals surface area (Å²) in [5.41, 5.74) is 2.16. The predicted octanol–water partition coefficient (Wildman–Crippen LogP) is 11.6. The molecule has 46 heavy (non-hydrogen) atoms. The lowest BCUT2D eigenvalue weighted by atomic mass is 9.74. The summed E-state index contributed by atoms with van der Waals surface area (Å²) in [6.07, 6.45) is 15.0. The van der Waals surface area contributed by atoms with Crippen molar-refractivity contribution in [3.63, 3.8) is 0 Å². The van der Waals surface area contributed by atoms with Gasteiger partial charge in [-0.15, -0.1) is 0 Å². The molecule has 248 valence electrons. The SMILES string of the molecule is C.C.CCCC1CCC(CC2CCC(OCOC3COc4ccc5ccccc5c4-c4c(ccc5ccccc45)OC3)CC2)CC1. The van der Waals surface area contributed by atoms with Gasteiger partial charge < -0.3 is 18.9 Å². The lowest BCUT2D eigenvalue weighted by molar-refractivity contribution is -0.140. The van der Waals surface area contributed by atoms with Crippen LogP contribution in [0.25, 0.3) is 32.7 Å². The molecule has 3 aliphatic rings. The average molecular weight is 625 g/mol. The molecule has 0 radical (unpaired) electrons. The number of benzene rings is 4. The van der Waals surface area contributed by atoms with Crippen LogP contribution in [0.1, 0.15) is 92.4 Å². The fourth-order valence-corrected chi connectivity index (χ4v) is 8.17. The van der Waals surface area contributed by atoms with E-state index in [9.17, 15) is 0 Å². The zero-order valence-corrected chi connectivity index (χ0v) is 26.3. The van der Waals surface area contributed by atoms with Crippen molar-refractivity contribution in [1.82, 2.24) is 0 Å². The Bertz CT molecular complexity index is 1440. The van der Waals surface area contributed by atoms with E-state index in [1.807, 2.05) is 0 Å². The zero-order valence-electron chi connectivity index (χ0n) is 26.3. The van der Waals surface area contributed by atoms with Crippen LogP contribution in [0.5, 0.6) is 11.5 Å². The highest BCUT2D eigenvalue weighted by atomic mass is 16.7. The second kappa shape index (κ2) is 16.2. The Hall–Kier alpha value is -3.08. The molecule has 0 bridgehead atoms. The van der Waals surface area contributed by atoms with Crippen LogP contribution in [0.4, 0.5) is 0 Å². The lowest BCUT2D eigenvalue weighted by Crippen LogP contribution is -2.31. The van der Waals surface area contributed by atoms with Crippen LogP contribution >= 0.6 is 0 Å². The smallest absolute Gasteiger partial charge is 0.147 e. The molecule has 2 aliphatic carbocycles. The molecule has 7 rings (SSSR count). The first-order valence-corrected chi connectivity index (χ1v) is 17.3. The first-order chi connectivity index (χ1) is 21.7. The molecule has 0 spiro atoms. The summed E-state index contributed by atoms with van der Waals surface area (Å²) in [5.74, 6) is 4.56. The summed E-state index contributed by atoms with van der Waals surface area (Å²) < 4.78 is 25.6. The number of rotatable bonds is 8. The normalized spacial score (nSPS) is 23.3. The summed E-state index contributed by atoms with van der Waals surface area (Å²) >= 11 is 0. The minimum absolute atomic E-state index is 0. The molecule has 4 nitrogen and oxygen atoms in total. The number of fused-ring (bicyclic) bond motifs is 7. The topological polar surface area (TPSA) is 36.9 Å². The highest BCUT2D eigenvalue weighted by Crippen LogP contribution is 2.46. The predicted molar refractivity (Wildman–Crippen MR) is 193 cm³/mol. The Morgan fingerprint density at radius 3 is 1.59 bits per heavy atom. The van der Waals surface area contributed by atoms with Crippen LogP contribution in [0, 0.1) is 17.8 Å². The van der Waals surface area contributed by atoms with Crippen molar-refractivity contribution >= 4 is 21.5 Å². The molecule has 2 saturated carbocycles. The molecule has 2 fully saturated rings. The fraction of sp³-hybridized carbons (Fsp3) is 0.524. The summed E-state index contributed by atoms with van der Waals surface area (Å²) in [4.78, 5) is 0. The van der Waals surface area contributed by atoms with Crippen molar-refractivity contribution in [3.05, 3.63) is 72.8 Å². The van der Waals surface area contributed by atoms with Gasteiger partial charge in [-0.2, -0.15) is 0 Å². The Balaban J connectivity index is 0.00000208. The molecule has 0 saturated heterocycles. The summed E-state index contributed by atoms with van der Waals surface area (Å²) in [6, 6.07) is 25.5. The minimum Gasteiger partial charge on any atom is -0.490 e. The van der Waals surface area contributed by atoms with Crippen molar-refractivity contribution in [1.29, 1.82) is 0 Å². The van der Waals surface area contributed by atoms with E-state index >= 15 is 0 Å². The maximum absolute atomic E-state index is 6.52. The van der Waals surface area contributed by atoms with Gasteiger partial charge >= 0.3 is 0 Å². The molecular weight excluding hydrogens is 568 g/mol. The fourth-order valence-electron chi connectivity index (χ4n) is 8.17. The standard InChI is InChI=1S/C40H48O4.2CH4/c1-2-7-28-12-14-29(15-13-28)24-30-16-20-33(21-17-30)43-27-44-34-25-41-37-22-18-31-8-3-5-10-35(31)39(37)40-36-11-6-4-9-32(36)19-23-38(40)42-26-34;;/h3-6,8-11,18-19,22-23,28-30,33-34H,2,7,12-17,20-21,24-27H2,1H3;2*1H4. The molecule has 1 heterocycles. The first kappa shape index (κ1) is 34.3. The van der Waals surface area contributed by atoms with Gasteiger partial charge in [-0.1, -0.05) is 121 Å². The van der Waals surface area contributed by atoms with Crippen LogP contribution < -0.4 is 9.47 Å². The summed E-state index contributed by atoms with van der Waals surface area (Å²) in [5, 5.41) is 4.69. The average Bonchev–Trinajstić information content (AvgIpc) is 3.14. The maximum Gasteiger partial charge on any atom is 0.147 e. The highest BCUT2D eigenvalue weighted by molar-refractivity contribution is 6.09. The number of hydrogen-bond acceptors (Lipinski definition) is 4. The van der Waals surface area contributed by atoms with Gasteiger partial charge in [-0.05, 0) is 83.5 Å². The largest absolute Gasteiger partial charge is 0.490 e. The van der Waals surface area contributed by atoms with Crippen molar-refractivity contribution < 1.29 is 18.9 Å². The van der Waals surface area contributed by atoms with E-state index in [4.69, 9.17) is 18.9 Å². The summed E-state index contributed by atoms with van der Waals surface area (Å²) in [6.45, 7) is 3.43. The van der Waals surface area contributed by atoms with Gasteiger partial charge in [-0.3, -0.25) is 0 Å². The molecule has 1 aliphatic heterocycles. The Morgan fingerprint density at radius 1 is 0.565 bits per heavy atom. The first-order valence-electron chi connectivity index (χ1n) is 17.3. The molecule has 4 aromatic carbocycles. The molecular formula is C42H56O4. The molecule has 4 heteroatoms. The third-order valence-electron chi connectivity index (χ3n) is 10.6. The van der Waals surface area contributed by atoms with Gasteiger partial charge in [0.05, 0.1) is 6.10 Å². The van der Waals surface area contributed by atoms with E-state index in [1.54, 1.807) is 0 Å². The van der Waals surface area contributed by atoms with Crippen LogP contribution in [0.15, 0.2) is 72.8 Å². The quantitative estimate of drug-likeness (QED) is 0.183. The third-order valence-corrected chi connectivity index (χ3v) is 10.6. The van der Waals surface area contributed by atoms with E-state index in [1.165, 1.54) is 68.6 Å². The minimum atomic E-state index is -0.231. The number of hydrogen-bond donors (Lipinski definition) is 0. The second-order valence-corrected chi connectivity index (χ2v) is 13.6. The molecule has 0 amide bonds. The van der Waals surface area contributed by atoms with Crippen molar-refractivity contribution in [2.45, 2.75) is 105 Å². The van der Waals surface area contributed by atoms with Gasteiger partial charge in [0.1, 0.15) is 37.6 Å². The Labute approximate surface area is 277 Å². The van der Waals surface area contributed by atoms with Gasteiger partial charge in [0, 0.05) is 11.1 Å². The zero-order chi connectivity index (χ0) is 29.7. The van der Waals surface area contributed by atoms with E-state index < -0.39 is 0 Å². The third kappa shape index (κ3) is 7.72. The van der Waals surface area contributed by atoms with Gasteiger partial charge in [0.15, 0.2) is 0 Å². The van der Waals surface area contributed by atoms with E-state index in [0.717, 1.165) is 64.0 Å². The molecule has 0 aromatic heterocycles. The maximum atomic E-state index is 6.52. The van der Waals surface area contributed by atoms with Crippen LogP contribution in [-0.4, -0.2) is 32.2 Å². The second-order valence-electron chi connectivity index (χ2n) is 13.6. The lowest BCUT2D eigenvalue weighted by Gasteiger charge is -2.34. The monoisotopic (exact) mass is 624 g/mol. The number of ether oxygens (including phenoxy) is 4. The van der Waals surface area contributed by atoms with E-state index in [0.29, 0.717) is 19.3 Å². The highest BCUT2D eigenvalue weighted by Gasteiger charge is 2.28. The van der Waals surface area contributed by atoms with Crippen LogP contribution in [-0.2, 0) is 9.47 Å². The molecule has 0 atom stereocenters. The van der Waals surface area contributed by atoms with Crippen molar-refractivity contribution in [2.24, 2.45) is 17.8 Å². The Kier molecular flexibility index (Phi) is 12.0. The van der Waals surface area contributed by atoms with Gasteiger partial charge in [0.25, 0.3) is 0 Å². The van der Waals surface area contributed by atoms with Gasteiger partial charge in [0.2, 0.25) is 0 Å². The van der Waals surface area contributed by atoms with Gasteiger partial charge in [-0.25, -0.2) is 0 Å². The van der Waals surface area contributed by atoms with E-state index in [-0.39, 0.29) is 27.8 Å². The van der Waals surface area contributed by atoms with Crippen LogP contribution in [0.3, 0.4) is 0 Å². The van der Waals surface area contributed by atoms with Crippen LogP contribution in [0.2, 0.25) is 0 Å². The van der Waals surface area contributed by atoms with Crippen molar-refractivity contribution in [3.8, 4) is 22.6 Å². The van der Waals surface area contributed by atoms with E-state index in [2.05, 4.69) is 79.7 Å². The summed E-state index contributed by atoms with van der Waals surface area (Å²) in [7, 11) is 0. The van der Waals surface area contributed by atoms with Crippen molar-refractivity contribution in [2.75, 3.05) is 20.0 Å². The molecule has 0 N–H and O–H groups in total. The molecule has 4 aromatic rings.